The number of aromatic nitrogens is 3. The second kappa shape index (κ2) is 10.5. The molecular formula is C25H27ClN4O3S. The topological polar surface area (TPSA) is 78.3 Å². The number of rotatable bonds is 8. The fourth-order valence-electron chi connectivity index (χ4n) is 3.73. The summed E-state index contributed by atoms with van der Waals surface area (Å²) in [5.74, 6) is 1.66. The zero-order valence-electron chi connectivity index (χ0n) is 19.5. The number of nitrogens with zero attached hydrogens (tertiary/aromatic N) is 3. The summed E-state index contributed by atoms with van der Waals surface area (Å²) in [4.78, 5) is 17.8. The van der Waals surface area contributed by atoms with Gasteiger partial charge in [0.15, 0.2) is 0 Å². The lowest BCUT2D eigenvalue weighted by Gasteiger charge is -2.29. The molecule has 0 radical (unpaired) electrons. The highest BCUT2D eigenvalue weighted by atomic mass is 35.5. The number of allylic oxidation sites excluding steroid dienone is 1. The highest BCUT2D eigenvalue weighted by Crippen LogP contribution is 2.40. The quantitative estimate of drug-likeness (QED) is 0.307. The molecule has 34 heavy (non-hydrogen) atoms. The van der Waals surface area contributed by atoms with E-state index in [4.69, 9.17) is 26.2 Å². The second-order valence-electron chi connectivity index (χ2n) is 8.07. The van der Waals surface area contributed by atoms with Crippen LogP contribution in [0.1, 0.15) is 44.9 Å². The first-order valence-corrected chi connectivity index (χ1v) is 12.5. The van der Waals surface area contributed by atoms with Crippen molar-refractivity contribution in [2.24, 2.45) is 0 Å². The van der Waals surface area contributed by atoms with Crippen LogP contribution in [0.5, 0.6) is 5.75 Å². The molecule has 7 nitrogen and oxygen atoms in total. The molecular weight excluding hydrogens is 472 g/mol. The lowest BCUT2D eigenvalue weighted by molar-refractivity contribution is -0.143. The molecule has 0 fully saturated rings. The van der Waals surface area contributed by atoms with Crippen LogP contribution in [-0.2, 0) is 16.1 Å². The van der Waals surface area contributed by atoms with Gasteiger partial charge < -0.3 is 14.8 Å². The minimum absolute atomic E-state index is 0.256. The van der Waals surface area contributed by atoms with E-state index in [1.54, 1.807) is 16.4 Å². The molecule has 0 saturated heterocycles. The normalized spacial score (nSPS) is 15.2. The minimum atomic E-state index is -0.553. The molecule has 0 bridgehead atoms. The summed E-state index contributed by atoms with van der Waals surface area (Å²) in [6.07, 6.45) is -0.256. The van der Waals surface area contributed by atoms with E-state index < -0.39 is 12.0 Å². The third kappa shape index (κ3) is 5.23. The third-order valence-corrected chi connectivity index (χ3v) is 6.16. The number of para-hydroxylation sites is 1. The van der Waals surface area contributed by atoms with E-state index in [9.17, 15) is 4.79 Å². The van der Waals surface area contributed by atoms with Crippen molar-refractivity contribution < 1.29 is 14.3 Å². The van der Waals surface area contributed by atoms with E-state index in [1.807, 2.05) is 76.2 Å². The van der Waals surface area contributed by atoms with Crippen LogP contribution < -0.4 is 10.1 Å². The van der Waals surface area contributed by atoms with E-state index >= 15 is 0 Å². The number of halogens is 1. The number of ether oxygens (including phenoxy) is 2. The van der Waals surface area contributed by atoms with Crippen molar-refractivity contribution in [1.29, 1.82) is 0 Å². The molecule has 0 aliphatic carbocycles. The number of anilines is 1. The Morgan fingerprint density at radius 1 is 1.21 bits per heavy atom. The van der Waals surface area contributed by atoms with Crippen LogP contribution in [0, 0.1) is 0 Å². The van der Waals surface area contributed by atoms with Crippen LogP contribution in [0.4, 0.5) is 5.95 Å². The number of nitrogens with one attached hydrogen (secondary N) is 1. The third-order valence-electron chi connectivity index (χ3n) is 5.19. The van der Waals surface area contributed by atoms with Crippen LogP contribution in [-0.4, -0.2) is 32.6 Å². The summed E-state index contributed by atoms with van der Waals surface area (Å²) < 4.78 is 13.6. The van der Waals surface area contributed by atoms with E-state index in [0.717, 1.165) is 16.9 Å². The van der Waals surface area contributed by atoms with E-state index in [1.165, 1.54) is 0 Å². The molecule has 2 heterocycles. The van der Waals surface area contributed by atoms with Gasteiger partial charge in [-0.15, -0.1) is 5.10 Å². The predicted molar refractivity (Wildman–Crippen MR) is 134 cm³/mol. The molecule has 1 aliphatic heterocycles. The van der Waals surface area contributed by atoms with Gasteiger partial charge >= 0.3 is 5.97 Å². The van der Waals surface area contributed by atoms with Crippen LogP contribution in [0.2, 0.25) is 5.02 Å². The molecule has 1 unspecified atom stereocenters. The minimum Gasteiger partial charge on any atom is -0.489 e. The average molecular weight is 499 g/mol. The first-order valence-electron chi connectivity index (χ1n) is 11.1. The molecule has 0 saturated carbocycles. The molecule has 1 aromatic heterocycles. The van der Waals surface area contributed by atoms with Crippen LogP contribution >= 0.6 is 23.4 Å². The maximum atomic E-state index is 13.2. The number of fused-ring (bicyclic) bond motifs is 1. The van der Waals surface area contributed by atoms with Crippen LogP contribution in [0.25, 0.3) is 0 Å². The second-order valence-corrected chi connectivity index (χ2v) is 9.74. The summed E-state index contributed by atoms with van der Waals surface area (Å²) in [5.41, 5.74) is 2.93. The van der Waals surface area contributed by atoms with Crippen molar-refractivity contribution >= 4 is 35.3 Å². The zero-order valence-corrected chi connectivity index (χ0v) is 21.1. The largest absolute Gasteiger partial charge is 0.489 e. The van der Waals surface area contributed by atoms with Crippen molar-refractivity contribution in [3.63, 3.8) is 0 Å². The lowest BCUT2D eigenvalue weighted by Crippen LogP contribution is -2.31. The highest BCUT2D eigenvalue weighted by molar-refractivity contribution is 7.99. The van der Waals surface area contributed by atoms with Crippen molar-refractivity contribution in [3.05, 3.63) is 76.0 Å². The van der Waals surface area contributed by atoms with Crippen LogP contribution in [0.3, 0.4) is 0 Å². The molecule has 178 valence electrons. The summed E-state index contributed by atoms with van der Waals surface area (Å²) in [6, 6.07) is 14.6. The smallest absolute Gasteiger partial charge is 0.338 e. The Morgan fingerprint density at radius 2 is 1.94 bits per heavy atom. The Morgan fingerprint density at radius 3 is 2.65 bits per heavy atom. The molecule has 1 atom stereocenters. The Kier molecular flexibility index (Phi) is 7.48. The molecule has 0 amide bonds. The van der Waals surface area contributed by atoms with Crippen LogP contribution in [0.15, 0.2) is 65.0 Å². The number of carbonyl (C=O) groups excluding carboxylic acids is 1. The fraction of sp³-hybridized carbons (Fsp3) is 0.320. The van der Waals surface area contributed by atoms with Gasteiger partial charge in [0, 0.05) is 16.3 Å². The average Bonchev–Trinajstić information content (AvgIpc) is 3.19. The van der Waals surface area contributed by atoms with E-state index in [0.29, 0.717) is 39.8 Å². The van der Waals surface area contributed by atoms with Gasteiger partial charge in [-0.05, 0) is 50.3 Å². The SMILES string of the molecule is CCSc1nc2n(n1)C(c1ccccc1OCc1ccc(Cl)cc1)C(C(=O)OC(C)C)=C(C)N2. The number of hydrogen-bond donors (Lipinski definition) is 1. The van der Waals surface area contributed by atoms with Crippen molar-refractivity contribution in [2.45, 2.75) is 51.6 Å². The van der Waals surface area contributed by atoms with Gasteiger partial charge in [0.2, 0.25) is 11.1 Å². The Bertz CT molecular complexity index is 1210. The number of thioether (sulfide) groups is 1. The molecule has 0 spiro atoms. The Hall–Kier alpha value is -2.97. The summed E-state index contributed by atoms with van der Waals surface area (Å²) in [6.45, 7) is 7.92. The Labute approximate surface area is 208 Å². The van der Waals surface area contributed by atoms with Gasteiger partial charge in [-0.2, -0.15) is 4.98 Å². The first-order chi connectivity index (χ1) is 16.4. The standard InChI is InChI=1S/C25H27ClN4O3S/c1-5-34-25-28-24-27-16(4)21(23(31)33-15(2)3)22(30(24)29-25)19-8-6-7-9-20(19)32-14-17-10-12-18(26)13-11-17/h6-13,15,22H,5,14H2,1-4H3,(H,27,28,29). The fourth-order valence-corrected chi connectivity index (χ4v) is 4.41. The number of benzene rings is 2. The predicted octanol–water partition coefficient (Wildman–Crippen LogP) is 5.86. The van der Waals surface area contributed by atoms with Gasteiger partial charge in [-0.1, -0.05) is 60.6 Å². The number of carbonyl (C=O) groups is 1. The summed E-state index contributed by atoms with van der Waals surface area (Å²) in [7, 11) is 0. The summed E-state index contributed by atoms with van der Waals surface area (Å²) >= 11 is 7.55. The lowest BCUT2D eigenvalue weighted by atomic mass is 9.95. The van der Waals surface area contributed by atoms with Crippen molar-refractivity contribution in [3.8, 4) is 5.75 Å². The molecule has 1 N–H and O–H groups in total. The van der Waals surface area contributed by atoms with E-state index in [-0.39, 0.29) is 6.10 Å². The van der Waals surface area contributed by atoms with Crippen molar-refractivity contribution in [2.75, 3.05) is 11.1 Å². The summed E-state index contributed by atoms with van der Waals surface area (Å²) in [5, 5.41) is 9.25. The maximum Gasteiger partial charge on any atom is 0.338 e. The van der Waals surface area contributed by atoms with Gasteiger partial charge in [-0.3, -0.25) is 0 Å². The highest BCUT2D eigenvalue weighted by Gasteiger charge is 2.37. The van der Waals surface area contributed by atoms with Gasteiger partial charge in [0.05, 0.1) is 11.7 Å². The maximum absolute atomic E-state index is 13.2. The Balaban J connectivity index is 1.76. The van der Waals surface area contributed by atoms with Crippen molar-refractivity contribution in [1.82, 2.24) is 14.8 Å². The van der Waals surface area contributed by atoms with E-state index in [2.05, 4.69) is 10.3 Å². The molecule has 4 rings (SSSR count). The molecule has 3 aromatic rings. The van der Waals surface area contributed by atoms with Gasteiger partial charge in [-0.25, -0.2) is 9.48 Å². The number of hydrogen-bond acceptors (Lipinski definition) is 7. The monoisotopic (exact) mass is 498 g/mol. The molecule has 2 aromatic carbocycles. The zero-order chi connectivity index (χ0) is 24.2. The van der Waals surface area contributed by atoms with Gasteiger partial charge in [0.25, 0.3) is 0 Å². The van der Waals surface area contributed by atoms with Gasteiger partial charge in [0.1, 0.15) is 18.4 Å². The number of esters is 1. The molecule has 9 heteroatoms. The first kappa shape index (κ1) is 24.2. The molecule has 1 aliphatic rings.